The van der Waals surface area contributed by atoms with Crippen molar-refractivity contribution in [2.24, 2.45) is 0 Å². The Morgan fingerprint density at radius 2 is 2.25 bits per heavy atom. The number of carbonyl (C=O) groups is 1. The van der Waals surface area contributed by atoms with Gasteiger partial charge in [0.15, 0.2) is 0 Å². The van der Waals surface area contributed by atoms with Crippen LogP contribution >= 0.6 is 0 Å². The molecule has 1 heterocycles. The smallest absolute Gasteiger partial charge is 0.220 e. The summed E-state index contributed by atoms with van der Waals surface area (Å²) in [6, 6.07) is 8.21. The Balaban J connectivity index is 1.77. The monoisotopic (exact) mass is 274 g/mol. The number of carbonyl (C=O) groups excluding carboxylic acids is 1. The number of amides is 1. The summed E-state index contributed by atoms with van der Waals surface area (Å²) >= 11 is 0. The lowest BCUT2D eigenvalue weighted by molar-refractivity contribution is -0.121. The van der Waals surface area contributed by atoms with Crippen LogP contribution in [-0.4, -0.2) is 28.6 Å². The van der Waals surface area contributed by atoms with Gasteiger partial charge in [0.2, 0.25) is 5.91 Å². The van der Waals surface area contributed by atoms with Crippen LogP contribution in [0.5, 0.6) is 0 Å². The van der Waals surface area contributed by atoms with E-state index in [2.05, 4.69) is 16.4 Å². The van der Waals surface area contributed by atoms with Gasteiger partial charge in [0.1, 0.15) is 0 Å². The SMILES string of the molecule is CCCC(O)CNC(=O)CCc1ccc2[nH]ccc2c1. The van der Waals surface area contributed by atoms with E-state index in [1.54, 1.807) is 0 Å². The van der Waals surface area contributed by atoms with Crippen molar-refractivity contribution in [1.29, 1.82) is 0 Å². The molecule has 2 aromatic rings. The number of aromatic amines is 1. The first-order valence-electron chi connectivity index (χ1n) is 7.20. The first-order chi connectivity index (χ1) is 9.69. The van der Waals surface area contributed by atoms with Crippen LogP contribution in [0.3, 0.4) is 0 Å². The number of rotatable bonds is 7. The predicted octanol–water partition coefficient (Wildman–Crippen LogP) is 2.38. The molecule has 0 aliphatic carbocycles. The molecule has 2 rings (SSSR count). The maximum Gasteiger partial charge on any atom is 0.220 e. The molecule has 0 saturated heterocycles. The van der Waals surface area contributed by atoms with Crippen LogP contribution in [0, 0.1) is 0 Å². The zero-order chi connectivity index (χ0) is 14.4. The van der Waals surface area contributed by atoms with Gasteiger partial charge in [-0.25, -0.2) is 0 Å². The van der Waals surface area contributed by atoms with Gasteiger partial charge in [-0.1, -0.05) is 19.4 Å². The summed E-state index contributed by atoms with van der Waals surface area (Å²) in [5, 5.41) is 13.5. The van der Waals surface area contributed by atoms with E-state index in [1.807, 2.05) is 31.3 Å². The third-order valence-corrected chi connectivity index (χ3v) is 3.42. The Kier molecular flexibility index (Phi) is 5.18. The van der Waals surface area contributed by atoms with Crippen LogP contribution in [0.25, 0.3) is 10.9 Å². The zero-order valence-electron chi connectivity index (χ0n) is 11.9. The van der Waals surface area contributed by atoms with E-state index in [0.29, 0.717) is 13.0 Å². The molecule has 1 aromatic heterocycles. The molecule has 0 radical (unpaired) electrons. The van der Waals surface area contributed by atoms with Gasteiger partial charge < -0.3 is 15.4 Å². The first-order valence-corrected chi connectivity index (χ1v) is 7.20. The number of aliphatic hydroxyl groups is 1. The van der Waals surface area contributed by atoms with Gasteiger partial charge in [0.05, 0.1) is 6.10 Å². The number of fused-ring (bicyclic) bond motifs is 1. The standard InChI is InChI=1S/C16H22N2O2/c1-2-3-14(19)11-18-16(20)7-5-12-4-6-15-13(10-12)8-9-17-15/h4,6,8-10,14,17,19H,2-3,5,7,11H2,1H3,(H,18,20). The maximum atomic E-state index is 11.7. The molecular weight excluding hydrogens is 252 g/mol. The molecule has 4 nitrogen and oxygen atoms in total. The number of hydrogen-bond acceptors (Lipinski definition) is 2. The summed E-state index contributed by atoms with van der Waals surface area (Å²) in [7, 11) is 0. The summed E-state index contributed by atoms with van der Waals surface area (Å²) in [6.07, 6.45) is 4.31. The van der Waals surface area contributed by atoms with E-state index in [9.17, 15) is 9.90 Å². The van der Waals surface area contributed by atoms with Crippen molar-refractivity contribution in [3.8, 4) is 0 Å². The molecule has 0 spiro atoms. The Morgan fingerprint density at radius 3 is 3.05 bits per heavy atom. The molecule has 0 aliphatic heterocycles. The quantitative estimate of drug-likeness (QED) is 0.725. The Morgan fingerprint density at radius 1 is 1.40 bits per heavy atom. The van der Waals surface area contributed by atoms with E-state index in [4.69, 9.17) is 0 Å². The number of hydrogen-bond donors (Lipinski definition) is 3. The zero-order valence-corrected chi connectivity index (χ0v) is 11.9. The topological polar surface area (TPSA) is 65.1 Å². The highest BCUT2D eigenvalue weighted by atomic mass is 16.3. The average molecular weight is 274 g/mol. The normalized spacial score (nSPS) is 12.5. The second-order valence-electron chi connectivity index (χ2n) is 5.15. The maximum absolute atomic E-state index is 11.7. The molecule has 4 heteroatoms. The van der Waals surface area contributed by atoms with Crippen LogP contribution < -0.4 is 5.32 Å². The van der Waals surface area contributed by atoms with Crippen molar-refractivity contribution in [3.05, 3.63) is 36.0 Å². The lowest BCUT2D eigenvalue weighted by Crippen LogP contribution is -2.32. The molecule has 3 N–H and O–H groups in total. The van der Waals surface area contributed by atoms with Crippen LogP contribution in [0.1, 0.15) is 31.7 Å². The fourth-order valence-corrected chi connectivity index (χ4v) is 2.27. The van der Waals surface area contributed by atoms with Gasteiger partial charge in [0, 0.05) is 24.7 Å². The summed E-state index contributed by atoms with van der Waals surface area (Å²) in [6.45, 7) is 2.37. The fraction of sp³-hybridized carbons (Fsp3) is 0.438. The predicted molar refractivity (Wildman–Crippen MR) is 80.5 cm³/mol. The molecule has 20 heavy (non-hydrogen) atoms. The van der Waals surface area contributed by atoms with Crippen LogP contribution in [0.15, 0.2) is 30.5 Å². The van der Waals surface area contributed by atoms with Crippen molar-refractivity contribution in [1.82, 2.24) is 10.3 Å². The van der Waals surface area contributed by atoms with E-state index >= 15 is 0 Å². The van der Waals surface area contributed by atoms with E-state index in [1.165, 1.54) is 5.39 Å². The Bertz CT molecular complexity index is 562. The molecule has 1 unspecified atom stereocenters. The molecule has 108 valence electrons. The van der Waals surface area contributed by atoms with Crippen molar-refractivity contribution in [2.75, 3.05) is 6.54 Å². The minimum absolute atomic E-state index is 0.00526. The molecule has 0 fully saturated rings. The molecule has 0 saturated carbocycles. The second-order valence-corrected chi connectivity index (χ2v) is 5.15. The van der Waals surface area contributed by atoms with Gasteiger partial charge in [-0.15, -0.1) is 0 Å². The van der Waals surface area contributed by atoms with Crippen molar-refractivity contribution >= 4 is 16.8 Å². The number of aryl methyl sites for hydroxylation is 1. The molecular formula is C16H22N2O2. The van der Waals surface area contributed by atoms with Gasteiger partial charge in [0.25, 0.3) is 0 Å². The van der Waals surface area contributed by atoms with E-state index in [-0.39, 0.29) is 5.91 Å². The number of benzene rings is 1. The van der Waals surface area contributed by atoms with Crippen LogP contribution in [0.2, 0.25) is 0 Å². The van der Waals surface area contributed by atoms with Crippen molar-refractivity contribution in [2.45, 2.75) is 38.7 Å². The highest BCUT2D eigenvalue weighted by Gasteiger charge is 2.06. The number of aromatic nitrogens is 1. The first kappa shape index (κ1) is 14.6. The second kappa shape index (κ2) is 7.10. The minimum Gasteiger partial charge on any atom is -0.391 e. The van der Waals surface area contributed by atoms with Crippen molar-refractivity contribution in [3.63, 3.8) is 0 Å². The number of nitrogens with one attached hydrogen (secondary N) is 2. The third kappa shape index (κ3) is 4.10. The molecule has 1 amide bonds. The van der Waals surface area contributed by atoms with Gasteiger partial charge >= 0.3 is 0 Å². The summed E-state index contributed by atoms with van der Waals surface area (Å²) in [4.78, 5) is 14.9. The van der Waals surface area contributed by atoms with Crippen LogP contribution in [-0.2, 0) is 11.2 Å². The fourth-order valence-electron chi connectivity index (χ4n) is 2.27. The van der Waals surface area contributed by atoms with Gasteiger partial charge in [-0.3, -0.25) is 4.79 Å². The Labute approximate surface area is 119 Å². The Hall–Kier alpha value is -1.81. The summed E-state index contributed by atoms with van der Waals surface area (Å²) in [5.74, 6) is -0.00526. The highest BCUT2D eigenvalue weighted by Crippen LogP contribution is 2.15. The van der Waals surface area contributed by atoms with Gasteiger partial charge in [-0.05, 0) is 42.0 Å². The average Bonchev–Trinajstić information content (AvgIpc) is 2.90. The number of aliphatic hydroxyl groups excluding tert-OH is 1. The largest absolute Gasteiger partial charge is 0.391 e. The third-order valence-electron chi connectivity index (χ3n) is 3.42. The lowest BCUT2D eigenvalue weighted by atomic mass is 10.1. The van der Waals surface area contributed by atoms with E-state index in [0.717, 1.165) is 30.3 Å². The molecule has 1 atom stereocenters. The molecule has 0 bridgehead atoms. The number of H-pyrrole nitrogens is 1. The van der Waals surface area contributed by atoms with Crippen LogP contribution in [0.4, 0.5) is 0 Å². The highest BCUT2D eigenvalue weighted by molar-refractivity contribution is 5.80. The van der Waals surface area contributed by atoms with Crippen molar-refractivity contribution < 1.29 is 9.90 Å². The molecule has 0 aliphatic rings. The lowest BCUT2D eigenvalue weighted by Gasteiger charge is -2.10. The van der Waals surface area contributed by atoms with E-state index < -0.39 is 6.10 Å². The minimum atomic E-state index is -0.430. The van der Waals surface area contributed by atoms with Gasteiger partial charge in [-0.2, -0.15) is 0 Å². The summed E-state index contributed by atoms with van der Waals surface area (Å²) in [5.41, 5.74) is 2.27. The summed E-state index contributed by atoms with van der Waals surface area (Å²) < 4.78 is 0. The molecule has 1 aromatic carbocycles.